The number of hydrogen-bond donors (Lipinski definition) is 1. The average molecular weight is 299 g/mol. The molecule has 3 nitrogen and oxygen atoms in total. The molecule has 1 N–H and O–H groups in total. The molecule has 1 heterocycles. The third-order valence-electron chi connectivity index (χ3n) is 1.81. The zero-order valence-corrected chi connectivity index (χ0v) is 10.4. The molecule has 0 aliphatic carbocycles. The molecule has 0 aliphatic heterocycles. The van der Waals surface area contributed by atoms with Crippen LogP contribution in [0, 0.1) is 0 Å². The summed E-state index contributed by atoms with van der Waals surface area (Å²) in [5.74, 6) is -0.262. The third kappa shape index (κ3) is 2.62. The lowest BCUT2D eigenvalue weighted by atomic mass is 10.3. The summed E-state index contributed by atoms with van der Waals surface area (Å²) in [6.45, 7) is 0. The normalized spacial score (nSPS) is 10.1. The molecule has 0 saturated heterocycles. The standard InChI is InChI=1S/C11H7BrO3S/c12-7-2-1-3-8(6-7)15-10-5-4-9(16-10)11(13)14/h1-6H,(H,13,14). The van der Waals surface area contributed by atoms with E-state index in [1.165, 1.54) is 6.07 Å². The number of rotatable bonds is 3. The summed E-state index contributed by atoms with van der Waals surface area (Å²) >= 11 is 4.44. The Morgan fingerprint density at radius 1 is 1.31 bits per heavy atom. The summed E-state index contributed by atoms with van der Waals surface area (Å²) in [7, 11) is 0. The van der Waals surface area contributed by atoms with Crippen LogP contribution in [0.25, 0.3) is 0 Å². The van der Waals surface area contributed by atoms with Gasteiger partial charge in [-0.05, 0) is 30.3 Å². The number of carbonyl (C=O) groups is 1. The van der Waals surface area contributed by atoms with E-state index >= 15 is 0 Å². The van der Waals surface area contributed by atoms with Crippen molar-refractivity contribution in [2.75, 3.05) is 0 Å². The Morgan fingerprint density at radius 3 is 2.75 bits per heavy atom. The van der Waals surface area contributed by atoms with E-state index in [0.717, 1.165) is 15.8 Å². The molecule has 1 aromatic carbocycles. The molecule has 0 bridgehead atoms. The van der Waals surface area contributed by atoms with Crippen LogP contribution in [-0.4, -0.2) is 11.1 Å². The van der Waals surface area contributed by atoms with Gasteiger partial charge in [0.15, 0.2) is 5.06 Å². The highest BCUT2D eigenvalue weighted by Gasteiger charge is 2.08. The van der Waals surface area contributed by atoms with Crippen molar-refractivity contribution in [1.29, 1.82) is 0 Å². The molecule has 16 heavy (non-hydrogen) atoms. The Morgan fingerprint density at radius 2 is 2.12 bits per heavy atom. The van der Waals surface area contributed by atoms with Gasteiger partial charge in [-0.25, -0.2) is 4.79 Å². The Labute approximate surface area is 104 Å². The molecule has 0 unspecified atom stereocenters. The lowest BCUT2D eigenvalue weighted by Crippen LogP contribution is -1.89. The van der Waals surface area contributed by atoms with Crippen LogP contribution in [-0.2, 0) is 0 Å². The van der Waals surface area contributed by atoms with Gasteiger partial charge in [0.2, 0.25) is 0 Å². The Bertz CT molecular complexity index is 521. The maximum atomic E-state index is 10.7. The zero-order valence-electron chi connectivity index (χ0n) is 8.01. The summed E-state index contributed by atoms with van der Waals surface area (Å²) < 4.78 is 6.43. The number of thiophene rings is 1. The van der Waals surface area contributed by atoms with Gasteiger partial charge in [0, 0.05) is 4.47 Å². The summed E-state index contributed by atoms with van der Waals surface area (Å²) in [5.41, 5.74) is 0. The first-order valence-electron chi connectivity index (χ1n) is 4.42. The predicted octanol–water partition coefficient (Wildman–Crippen LogP) is 4.00. The molecule has 0 radical (unpaired) electrons. The lowest BCUT2D eigenvalue weighted by Gasteiger charge is -2.02. The first-order valence-corrected chi connectivity index (χ1v) is 6.02. The van der Waals surface area contributed by atoms with E-state index in [1.54, 1.807) is 6.07 Å². The van der Waals surface area contributed by atoms with Gasteiger partial charge >= 0.3 is 5.97 Å². The van der Waals surface area contributed by atoms with Crippen molar-refractivity contribution < 1.29 is 14.6 Å². The van der Waals surface area contributed by atoms with Crippen LogP contribution in [0.4, 0.5) is 0 Å². The second-order valence-corrected chi connectivity index (χ2v) is 4.95. The molecule has 0 spiro atoms. The van der Waals surface area contributed by atoms with Gasteiger partial charge in [-0.1, -0.05) is 33.3 Å². The topological polar surface area (TPSA) is 46.5 Å². The first kappa shape index (κ1) is 11.2. The summed E-state index contributed by atoms with van der Waals surface area (Å²) in [6, 6.07) is 10.6. The van der Waals surface area contributed by atoms with Crippen LogP contribution in [0.1, 0.15) is 9.67 Å². The van der Waals surface area contributed by atoms with E-state index in [0.29, 0.717) is 10.8 Å². The maximum Gasteiger partial charge on any atom is 0.345 e. The lowest BCUT2D eigenvalue weighted by molar-refractivity contribution is 0.0702. The number of aromatic carboxylic acids is 1. The number of halogens is 1. The average Bonchev–Trinajstić information content (AvgIpc) is 2.66. The molecule has 0 atom stereocenters. The predicted molar refractivity (Wildman–Crippen MR) is 65.5 cm³/mol. The molecular weight excluding hydrogens is 292 g/mol. The van der Waals surface area contributed by atoms with Gasteiger partial charge in [-0.15, -0.1) is 0 Å². The van der Waals surface area contributed by atoms with Crippen molar-refractivity contribution in [1.82, 2.24) is 0 Å². The van der Waals surface area contributed by atoms with Crippen molar-refractivity contribution in [3.8, 4) is 10.8 Å². The van der Waals surface area contributed by atoms with Crippen molar-refractivity contribution in [2.24, 2.45) is 0 Å². The zero-order chi connectivity index (χ0) is 11.5. The van der Waals surface area contributed by atoms with Crippen LogP contribution in [0.3, 0.4) is 0 Å². The molecule has 2 aromatic rings. The van der Waals surface area contributed by atoms with Crippen molar-refractivity contribution in [3.05, 3.63) is 45.7 Å². The highest BCUT2D eigenvalue weighted by atomic mass is 79.9. The Balaban J connectivity index is 2.17. The molecule has 5 heteroatoms. The van der Waals surface area contributed by atoms with E-state index in [9.17, 15) is 4.79 Å². The second kappa shape index (κ2) is 4.67. The van der Waals surface area contributed by atoms with Crippen LogP contribution < -0.4 is 4.74 Å². The summed E-state index contributed by atoms with van der Waals surface area (Å²) in [6.07, 6.45) is 0. The van der Waals surface area contributed by atoms with Gasteiger partial charge in [-0.2, -0.15) is 0 Å². The van der Waals surface area contributed by atoms with E-state index in [1.807, 2.05) is 24.3 Å². The SMILES string of the molecule is O=C(O)c1ccc(Oc2cccc(Br)c2)s1. The molecule has 0 fully saturated rings. The molecular formula is C11H7BrO3S. The number of benzene rings is 1. The van der Waals surface area contributed by atoms with Crippen molar-refractivity contribution in [3.63, 3.8) is 0 Å². The van der Waals surface area contributed by atoms with Crippen LogP contribution in [0.5, 0.6) is 10.8 Å². The minimum atomic E-state index is -0.936. The fourth-order valence-electron chi connectivity index (χ4n) is 1.14. The van der Waals surface area contributed by atoms with E-state index < -0.39 is 5.97 Å². The first-order chi connectivity index (χ1) is 7.65. The molecule has 2 rings (SSSR count). The number of carboxylic acid groups (broad SMARTS) is 1. The van der Waals surface area contributed by atoms with E-state index in [2.05, 4.69) is 15.9 Å². The van der Waals surface area contributed by atoms with Gasteiger partial charge in [0.25, 0.3) is 0 Å². The van der Waals surface area contributed by atoms with Gasteiger partial charge in [0.05, 0.1) is 0 Å². The molecule has 1 aromatic heterocycles. The number of hydrogen-bond acceptors (Lipinski definition) is 3. The van der Waals surface area contributed by atoms with Crippen molar-refractivity contribution >= 4 is 33.2 Å². The Hall–Kier alpha value is -1.33. The fraction of sp³-hybridized carbons (Fsp3) is 0. The monoisotopic (exact) mass is 298 g/mol. The van der Waals surface area contributed by atoms with Gasteiger partial charge in [-0.3, -0.25) is 0 Å². The van der Waals surface area contributed by atoms with Gasteiger partial charge < -0.3 is 9.84 Å². The van der Waals surface area contributed by atoms with E-state index in [-0.39, 0.29) is 4.88 Å². The molecule has 0 amide bonds. The molecule has 0 aliphatic rings. The minimum absolute atomic E-state index is 0.269. The highest BCUT2D eigenvalue weighted by molar-refractivity contribution is 9.10. The van der Waals surface area contributed by atoms with Crippen LogP contribution in [0.2, 0.25) is 0 Å². The number of ether oxygens (including phenoxy) is 1. The Kier molecular flexibility index (Phi) is 3.26. The summed E-state index contributed by atoms with van der Waals surface area (Å²) in [4.78, 5) is 10.9. The summed E-state index contributed by atoms with van der Waals surface area (Å²) in [5, 5.41) is 9.32. The quantitative estimate of drug-likeness (QED) is 0.931. The van der Waals surface area contributed by atoms with Crippen molar-refractivity contribution in [2.45, 2.75) is 0 Å². The minimum Gasteiger partial charge on any atom is -0.477 e. The number of carboxylic acids is 1. The second-order valence-electron chi connectivity index (χ2n) is 2.98. The molecule has 0 saturated carbocycles. The van der Waals surface area contributed by atoms with Crippen LogP contribution >= 0.6 is 27.3 Å². The molecule has 82 valence electrons. The maximum absolute atomic E-state index is 10.7. The highest BCUT2D eigenvalue weighted by Crippen LogP contribution is 2.30. The smallest absolute Gasteiger partial charge is 0.345 e. The van der Waals surface area contributed by atoms with Gasteiger partial charge in [0.1, 0.15) is 10.6 Å². The third-order valence-corrected chi connectivity index (χ3v) is 3.25. The fourth-order valence-corrected chi connectivity index (χ4v) is 2.23. The van der Waals surface area contributed by atoms with E-state index in [4.69, 9.17) is 9.84 Å². The largest absolute Gasteiger partial charge is 0.477 e. The van der Waals surface area contributed by atoms with Crippen LogP contribution in [0.15, 0.2) is 40.9 Å².